The van der Waals surface area contributed by atoms with E-state index in [1.807, 2.05) is 0 Å². The minimum atomic E-state index is -0.0988. The Bertz CT molecular complexity index is 394. The highest BCUT2D eigenvalue weighted by atomic mass is 15.1. The maximum atomic E-state index is 9.31. The quantitative estimate of drug-likeness (QED) is 0.771. The molecule has 0 aromatic heterocycles. The molecule has 0 radical (unpaired) electrons. The Hall–Kier alpha value is -1.33. The molecule has 17 heavy (non-hydrogen) atoms. The van der Waals surface area contributed by atoms with Gasteiger partial charge in [0.2, 0.25) is 0 Å². The van der Waals surface area contributed by atoms with E-state index in [0.29, 0.717) is 0 Å². The van der Waals surface area contributed by atoms with E-state index in [0.717, 1.165) is 24.6 Å². The van der Waals surface area contributed by atoms with Gasteiger partial charge < -0.3 is 0 Å². The van der Waals surface area contributed by atoms with Gasteiger partial charge in [0.25, 0.3) is 0 Å². The van der Waals surface area contributed by atoms with Crippen molar-refractivity contribution < 1.29 is 0 Å². The lowest BCUT2D eigenvalue weighted by atomic mass is 10.0. The molecule has 0 N–H and O–H groups in total. The van der Waals surface area contributed by atoms with E-state index in [-0.39, 0.29) is 6.04 Å². The van der Waals surface area contributed by atoms with Gasteiger partial charge in [-0.15, -0.1) is 0 Å². The predicted octanol–water partition coefficient (Wildman–Crippen LogP) is 3.47. The minimum Gasteiger partial charge on any atom is -0.285 e. The van der Waals surface area contributed by atoms with Crippen LogP contribution in [-0.4, -0.2) is 18.0 Å². The largest absolute Gasteiger partial charge is 0.285 e. The summed E-state index contributed by atoms with van der Waals surface area (Å²) in [6.07, 6.45) is 2.66. The molecule has 1 aliphatic carbocycles. The second-order valence-corrected chi connectivity index (χ2v) is 4.69. The van der Waals surface area contributed by atoms with Gasteiger partial charge in [-0.3, -0.25) is 4.90 Å². The zero-order valence-electron chi connectivity index (χ0n) is 10.7. The zero-order chi connectivity index (χ0) is 12.3. The molecule has 0 saturated heterocycles. The molecule has 0 heterocycles. The summed E-state index contributed by atoms with van der Waals surface area (Å²) in [6, 6.07) is 11.0. The van der Waals surface area contributed by atoms with Crippen molar-refractivity contribution in [3.05, 3.63) is 35.4 Å². The van der Waals surface area contributed by atoms with Crippen LogP contribution in [0.1, 0.15) is 49.8 Å². The molecular weight excluding hydrogens is 208 g/mol. The molecule has 1 atom stereocenters. The molecule has 1 aliphatic rings. The van der Waals surface area contributed by atoms with Crippen molar-refractivity contribution in [2.75, 3.05) is 13.1 Å². The van der Waals surface area contributed by atoms with E-state index < -0.39 is 0 Å². The molecule has 0 aliphatic heterocycles. The molecule has 90 valence electrons. The van der Waals surface area contributed by atoms with E-state index >= 15 is 0 Å². The number of hydrogen-bond acceptors (Lipinski definition) is 2. The normalized spacial score (nSPS) is 16.8. The van der Waals surface area contributed by atoms with Crippen molar-refractivity contribution in [1.82, 2.24) is 4.90 Å². The molecule has 0 bridgehead atoms. The Morgan fingerprint density at radius 2 is 1.82 bits per heavy atom. The Balaban J connectivity index is 2.16. The fourth-order valence-corrected chi connectivity index (χ4v) is 2.32. The van der Waals surface area contributed by atoms with Crippen LogP contribution in [0.3, 0.4) is 0 Å². The van der Waals surface area contributed by atoms with Crippen LogP contribution in [0.4, 0.5) is 0 Å². The van der Waals surface area contributed by atoms with Gasteiger partial charge in [0.05, 0.1) is 6.07 Å². The highest BCUT2D eigenvalue weighted by Gasteiger charge is 2.24. The molecule has 2 rings (SSSR count). The van der Waals surface area contributed by atoms with Gasteiger partial charge in [0.1, 0.15) is 6.04 Å². The smallest absolute Gasteiger partial charge is 0.123 e. The van der Waals surface area contributed by atoms with Gasteiger partial charge in [0.15, 0.2) is 0 Å². The highest BCUT2D eigenvalue weighted by molar-refractivity contribution is 5.31. The monoisotopic (exact) mass is 228 g/mol. The van der Waals surface area contributed by atoms with E-state index in [1.165, 1.54) is 18.4 Å². The Kier molecular flexibility index (Phi) is 3.81. The molecule has 1 aromatic carbocycles. The summed E-state index contributed by atoms with van der Waals surface area (Å²) in [4.78, 5) is 2.19. The van der Waals surface area contributed by atoms with Gasteiger partial charge in [-0.05, 0) is 43.0 Å². The molecule has 1 saturated carbocycles. The Morgan fingerprint density at radius 1 is 1.24 bits per heavy atom. The summed E-state index contributed by atoms with van der Waals surface area (Å²) in [7, 11) is 0. The van der Waals surface area contributed by atoms with Crippen LogP contribution in [-0.2, 0) is 0 Å². The third-order valence-electron chi connectivity index (χ3n) is 3.60. The van der Waals surface area contributed by atoms with Gasteiger partial charge >= 0.3 is 0 Å². The SMILES string of the molecule is CCN(CC)C(C#N)c1ccc(C2CC2)cc1. The van der Waals surface area contributed by atoms with Crippen LogP contribution in [0.25, 0.3) is 0 Å². The van der Waals surface area contributed by atoms with Crippen LogP contribution in [0.2, 0.25) is 0 Å². The first-order valence-corrected chi connectivity index (χ1v) is 6.53. The topological polar surface area (TPSA) is 27.0 Å². The Morgan fingerprint density at radius 3 is 2.24 bits per heavy atom. The number of nitriles is 1. The van der Waals surface area contributed by atoms with Gasteiger partial charge in [-0.2, -0.15) is 5.26 Å². The molecular formula is C15H20N2. The molecule has 2 nitrogen and oxygen atoms in total. The van der Waals surface area contributed by atoms with Gasteiger partial charge in [-0.25, -0.2) is 0 Å². The molecule has 0 amide bonds. The highest BCUT2D eigenvalue weighted by Crippen LogP contribution is 2.40. The summed E-state index contributed by atoms with van der Waals surface area (Å²) in [5.41, 5.74) is 2.56. The fourth-order valence-electron chi connectivity index (χ4n) is 2.32. The summed E-state index contributed by atoms with van der Waals surface area (Å²) in [6.45, 7) is 6.04. The minimum absolute atomic E-state index is 0.0988. The van der Waals surface area contributed by atoms with Crippen molar-refractivity contribution in [3.63, 3.8) is 0 Å². The van der Waals surface area contributed by atoms with Crippen LogP contribution in [0.15, 0.2) is 24.3 Å². The summed E-state index contributed by atoms with van der Waals surface area (Å²) >= 11 is 0. The lowest BCUT2D eigenvalue weighted by Crippen LogP contribution is -2.27. The predicted molar refractivity (Wildman–Crippen MR) is 69.7 cm³/mol. The number of rotatable bonds is 5. The number of hydrogen-bond donors (Lipinski definition) is 0. The molecule has 0 spiro atoms. The van der Waals surface area contributed by atoms with E-state index in [1.54, 1.807) is 0 Å². The van der Waals surface area contributed by atoms with Crippen molar-refractivity contribution in [1.29, 1.82) is 5.26 Å². The molecule has 1 aromatic rings. The maximum absolute atomic E-state index is 9.31. The van der Waals surface area contributed by atoms with Crippen molar-refractivity contribution >= 4 is 0 Å². The third-order valence-corrected chi connectivity index (χ3v) is 3.60. The van der Waals surface area contributed by atoms with Crippen molar-refractivity contribution in [3.8, 4) is 6.07 Å². The lowest BCUT2D eigenvalue weighted by Gasteiger charge is -2.24. The molecule has 2 heteroatoms. The molecule has 1 fully saturated rings. The standard InChI is InChI=1S/C15H20N2/c1-3-17(4-2)15(11-16)14-9-7-13(8-10-14)12-5-6-12/h7-10,12,15H,3-6H2,1-2H3. The lowest BCUT2D eigenvalue weighted by molar-refractivity contribution is 0.262. The number of nitrogens with zero attached hydrogens (tertiary/aromatic N) is 2. The van der Waals surface area contributed by atoms with Crippen LogP contribution < -0.4 is 0 Å². The number of benzene rings is 1. The van der Waals surface area contributed by atoms with Crippen LogP contribution >= 0.6 is 0 Å². The second-order valence-electron chi connectivity index (χ2n) is 4.69. The van der Waals surface area contributed by atoms with E-state index in [9.17, 15) is 5.26 Å². The van der Waals surface area contributed by atoms with Crippen molar-refractivity contribution in [2.45, 2.75) is 38.6 Å². The second kappa shape index (κ2) is 5.33. The van der Waals surface area contributed by atoms with Crippen LogP contribution in [0, 0.1) is 11.3 Å². The summed E-state index contributed by atoms with van der Waals surface area (Å²) in [5.74, 6) is 0.790. The summed E-state index contributed by atoms with van der Waals surface area (Å²) in [5, 5.41) is 9.31. The van der Waals surface area contributed by atoms with Crippen LogP contribution in [0.5, 0.6) is 0 Å². The van der Waals surface area contributed by atoms with E-state index in [2.05, 4.69) is 49.1 Å². The average Bonchev–Trinajstić information content (AvgIpc) is 3.20. The first-order chi connectivity index (χ1) is 8.30. The summed E-state index contributed by atoms with van der Waals surface area (Å²) < 4.78 is 0. The third kappa shape index (κ3) is 2.68. The average molecular weight is 228 g/mol. The van der Waals surface area contributed by atoms with E-state index in [4.69, 9.17) is 0 Å². The van der Waals surface area contributed by atoms with Crippen molar-refractivity contribution in [2.24, 2.45) is 0 Å². The van der Waals surface area contributed by atoms with Gasteiger partial charge in [-0.1, -0.05) is 38.1 Å². The zero-order valence-corrected chi connectivity index (χ0v) is 10.7. The first-order valence-electron chi connectivity index (χ1n) is 6.53. The molecule has 1 unspecified atom stereocenters. The Labute approximate surface area is 104 Å². The maximum Gasteiger partial charge on any atom is 0.123 e. The fraction of sp³-hybridized carbons (Fsp3) is 0.533. The first kappa shape index (κ1) is 12.1. The van der Waals surface area contributed by atoms with Gasteiger partial charge in [0, 0.05) is 0 Å².